The van der Waals surface area contributed by atoms with E-state index >= 15 is 0 Å². The summed E-state index contributed by atoms with van der Waals surface area (Å²) in [6, 6.07) is 0. The second kappa shape index (κ2) is 6.95. The molecule has 0 aromatic carbocycles. The predicted molar refractivity (Wildman–Crippen MR) is 51.2 cm³/mol. The van der Waals surface area contributed by atoms with Gasteiger partial charge in [0.05, 0.1) is 6.61 Å². The first-order valence-electron chi connectivity index (χ1n) is 3.95. The average molecular weight is 175 g/mol. The number of carbonyl (C=O) groups excluding carboxylic acids is 1. The van der Waals surface area contributed by atoms with Crippen LogP contribution >= 0.6 is 0 Å². The van der Waals surface area contributed by atoms with E-state index in [4.69, 9.17) is 4.74 Å². The first-order chi connectivity index (χ1) is 5.07. The van der Waals surface area contributed by atoms with Gasteiger partial charge in [-0.3, -0.25) is 0 Å². The van der Waals surface area contributed by atoms with E-state index in [2.05, 4.69) is 0 Å². The van der Waals surface area contributed by atoms with Crippen LogP contribution in [-0.2, 0) is 4.74 Å². The highest BCUT2D eigenvalue weighted by atomic mass is 16.6. The average Bonchev–Trinajstić information content (AvgIpc) is 1.98. The molecule has 12 heavy (non-hydrogen) atoms. The first kappa shape index (κ1) is 13.8. The summed E-state index contributed by atoms with van der Waals surface area (Å²) < 4.78 is 4.94. The zero-order valence-electron chi connectivity index (χ0n) is 7.76. The van der Waals surface area contributed by atoms with E-state index in [0.717, 1.165) is 0 Å². The molecule has 0 spiro atoms. The maximum Gasteiger partial charge on any atom is 0.409 e. The lowest BCUT2D eigenvalue weighted by atomic mass is 10.2. The maximum atomic E-state index is 11.0. The topological polar surface area (TPSA) is 29.5 Å². The lowest BCUT2D eigenvalue weighted by Gasteiger charge is -2.15. The molecule has 0 aliphatic carbocycles. The van der Waals surface area contributed by atoms with Crippen LogP contribution in [0.2, 0.25) is 0 Å². The Morgan fingerprint density at radius 1 is 1.50 bits per heavy atom. The third kappa shape index (κ3) is 6.01. The Morgan fingerprint density at radius 3 is 2.33 bits per heavy atom. The second-order valence-corrected chi connectivity index (χ2v) is 2.98. The molecule has 0 aliphatic rings. The van der Waals surface area contributed by atoms with Gasteiger partial charge in [-0.1, -0.05) is 21.3 Å². The van der Waals surface area contributed by atoms with Gasteiger partial charge in [-0.15, -0.1) is 0 Å². The van der Waals surface area contributed by atoms with Crippen molar-refractivity contribution in [1.82, 2.24) is 4.90 Å². The van der Waals surface area contributed by atoms with Crippen molar-refractivity contribution in [2.45, 2.75) is 28.2 Å². The summed E-state index contributed by atoms with van der Waals surface area (Å²) in [4.78, 5) is 12.5. The zero-order chi connectivity index (χ0) is 8.85. The normalized spacial score (nSPS) is 9.08. The van der Waals surface area contributed by atoms with E-state index in [1.807, 2.05) is 20.8 Å². The lowest BCUT2D eigenvalue weighted by molar-refractivity contribution is 0.101. The Hall–Kier alpha value is -0.730. The minimum atomic E-state index is -0.235. The molecule has 0 aromatic rings. The fourth-order valence-electron chi connectivity index (χ4n) is 0.477. The summed E-state index contributed by atoms with van der Waals surface area (Å²) in [6.07, 6.45) is -0.235. The third-order valence-corrected chi connectivity index (χ3v) is 1.33. The van der Waals surface area contributed by atoms with E-state index in [0.29, 0.717) is 19.1 Å². The fraction of sp³-hybridized carbons (Fsp3) is 0.889. The van der Waals surface area contributed by atoms with Crippen LogP contribution in [0.25, 0.3) is 0 Å². The zero-order valence-corrected chi connectivity index (χ0v) is 7.76. The van der Waals surface area contributed by atoms with E-state index in [-0.39, 0.29) is 13.5 Å². The monoisotopic (exact) mass is 175 g/mol. The maximum absolute atomic E-state index is 11.0. The molecule has 0 aliphatic heterocycles. The molecule has 0 saturated carbocycles. The summed E-state index contributed by atoms with van der Waals surface area (Å²) in [5.74, 6) is 0.407. The molecule has 0 fully saturated rings. The van der Waals surface area contributed by atoms with Crippen LogP contribution in [0.15, 0.2) is 0 Å². The Morgan fingerprint density at radius 2 is 2.00 bits per heavy atom. The number of hydrogen-bond acceptors (Lipinski definition) is 2. The van der Waals surface area contributed by atoms with Gasteiger partial charge in [-0.05, 0) is 12.8 Å². The summed E-state index contributed by atoms with van der Waals surface area (Å²) >= 11 is 0. The first-order valence-corrected chi connectivity index (χ1v) is 3.95. The Labute approximate surface area is 75.7 Å². The van der Waals surface area contributed by atoms with Crippen LogP contribution in [0, 0.1) is 5.92 Å². The minimum absolute atomic E-state index is 0. The molecule has 0 N–H and O–H groups in total. The molecule has 0 bridgehead atoms. The van der Waals surface area contributed by atoms with Crippen molar-refractivity contribution in [3.8, 4) is 0 Å². The van der Waals surface area contributed by atoms with Crippen molar-refractivity contribution in [2.24, 2.45) is 5.92 Å². The highest BCUT2D eigenvalue weighted by molar-refractivity contribution is 5.67. The van der Waals surface area contributed by atoms with Gasteiger partial charge in [0.15, 0.2) is 0 Å². The van der Waals surface area contributed by atoms with Crippen molar-refractivity contribution in [3.63, 3.8) is 0 Å². The van der Waals surface area contributed by atoms with E-state index in [1.165, 1.54) is 0 Å². The van der Waals surface area contributed by atoms with E-state index in [1.54, 1.807) is 11.9 Å². The summed E-state index contributed by atoms with van der Waals surface area (Å²) in [7, 11) is 1.72. The Bertz CT molecular complexity index is 124. The van der Waals surface area contributed by atoms with Crippen LogP contribution in [-0.4, -0.2) is 31.2 Å². The minimum Gasteiger partial charge on any atom is -0.449 e. The highest BCUT2D eigenvalue weighted by Crippen LogP contribution is 1.95. The van der Waals surface area contributed by atoms with E-state index in [9.17, 15) is 4.79 Å². The third-order valence-electron chi connectivity index (χ3n) is 1.33. The summed E-state index contributed by atoms with van der Waals surface area (Å²) in [6.45, 7) is 7.13. The molecule has 1 amide bonds. The van der Waals surface area contributed by atoms with Crippen LogP contribution in [0.5, 0.6) is 0 Å². The lowest BCUT2D eigenvalue weighted by Crippen LogP contribution is -2.28. The van der Waals surface area contributed by atoms with Crippen molar-refractivity contribution < 1.29 is 9.53 Å². The molecule has 0 unspecified atom stereocenters. The second-order valence-electron chi connectivity index (χ2n) is 2.98. The summed E-state index contributed by atoms with van der Waals surface area (Å²) in [5, 5.41) is 0. The molecule has 3 nitrogen and oxygen atoms in total. The van der Waals surface area contributed by atoms with Gasteiger partial charge in [0.2, 0.25) is 0 Å². The Balaban J connectivity index is 0. The number of nitrogens with zero attached hydrogens (tertiary/aromatic N) is 1. The molecule has 0 heterocycles. The van der Waals surface area contributed by atoms with Crippen LogP contribution in [0.4, 0.5) is 4.79 Å². The summed E-state index contributed by atoms with van der Waals surface area (Å²) in [5.41, 5.74) is 0. The van der Waals surface area contributed by atoms with Gasteiger partial charge < -0.3 is 9.64 Å². The van der Waals surface area contributed by atoms with Gasteiger partial charge in [0.25, 0.3) is 0 Å². The number of carbonyl (C=O) groups is 1. The molecule has 0 saturated heterocycles. The molecule has 74 valence electrons. The SMILES string of the molecule is C.CCN(C)C(=O)OCC(C)C. The predicted octanol–water partition coefficient (Wildman–Crippen LogP) is 2.37. The molecule has 0 atom stereocenters. The number of ether oxygens (including phenoxy) is 1. The van der Waals surface area contributed by atoms with Gasteiger partial charge >= 0.3 is 6.09 Å². The fourth-order valence-corrected chi connectivity index (χ4v) is 0.477. The highest BCUT2D eigenvalue weighted by Gasteiger charge is 2.07. The van der Waals surface area contributed by atoms with Crippen molar-refractivity contribution >= 4 is 6.09 Å². The van der Waals surface area contributed by atoms with Gasteiger partial charge in [0, 0.05) is 13.6 Å². The van der Waals surface area contributed by atoms with E-state index < -0.39 is 0 Å². The van der Waals surface area contributed by atoms with Crippen LogP contribution < -0.4 is 0 Å². The van der Waals surface area contributed by atoms with Crippen LogP contribution in [0.1, 0.15) is 28.2 Å². The smallest absolute Gasteiger partial charge is 0.409 e. The van der Waals surface area contributed by atoms with Gasteiger partial charge in [-0.25, -0.2) is 4.79 Å². The van der Waals surface area contributed by atoms with Crippen LogP contribution in [0.3, 0.4) is 0 Å². The Kier molecular flexibility index (Phi) is 8.01. The number of amides is 1. The van der Waals surface area contributed by atoms with Crippen molar-refractivity contribution in [2.75, 3.05) is 20.2 Å². The molecule has 0 radical (unpaired) electrons. The molecular formula is C9H21NO2. The molecule has 0 rings (SSSR count). The molecule has 0 aromatic heterocycles. The van der Waals surface area contributed by atoms with Crippen molar-refractivity contribution in [3.05, 3.63) is 0 Å². The largest absolute Gasteiger partial charge is 0.449 e. The molecule has 3 heteroatoms. The van der Waals surface area contributed by atoms with Gasteiger partial charge in [0.1, 0.15) is 0 Å². The quantitative estimate of drug-likeness (QED) is 0.659. The molecular weight excluding hydrogens is 154 g/mol. The van der Waals surface area contributed by atoms with Crippen molar-refractivity contribution in [1.29, 1.82) is 0 Å². The number of hydrogen-bond donors (Lipinski definition) is 0. The number of rotatable bonds is 3. The van der Waals surface area contributed by atoms with Gasteiger partial charge in [-0.2, -0.15) is 0 Å². The standard InChI is InChI=1S/C8H17NO2.CH4/c1-5-9(4)8(10)11-6-7(2)3;/h7H,5-6H2,1-4H3;1H4.